The third-order valence-corrected chi connectivity index (χ3v) is 3.78. The Morgan fingerprint density at radius 3 is 1.74 bits per heavy atom. The number of nitrogens with zero attached hydrogens (tertiary/aromatic N) is 2. The van der Waals surface area contributed by atoms with Crippen molar-refractivity contribution in [3.63, 3.8) is 0 Å². The summed E-state index contributed by atoms with van der Waals surface area (Å²) < 4.78 is 0. The molecule has 19 heavy (non-hydrogen) atoms. The lowest BCUT2D eigenvalue weighted by molar-refractivity contribution is 0.840. The smallest absolute Gasteiger partial charge is 0.0936 e. The summed E-state index contributed by atoms with van der Waals surface area (Å²) in [4.78, 5) is 9.06. The van der Waals surface area contributed by atoms with Crippen molar-refractivity contribution in [3.8, 4) is 11.4 Å². The summed E-state index contributed by atoms with van der Waals surface area (Å²) in [6.45, 7) is 0. The zero-order valence-corrected chi connectivity index (χ0v) is 10.3. The molecule has 0 unspecified atom stereocenters. The summed E-state index contributed by atoms with van der Waals surface area (Å²) in [5, 5.41) is 0. The molecule has 2 aliphatic rings. The molecule has 1 spiro atoms. The standard InChI is InChI=1S/C17H12N2/c1-2-4-10-17(9-3-1)13-7-5-11-18-15(13)16-14(17)8-6-12-19-16/h1-12H. The first-order valence-electron chi connectivity index (χ1n) is 6.37. The fourth-order valence-corrected chi connectivity index (χ4v) is 2.96. The second-order valence-corrected chi connectivity index (χ2v) is 4.77. The molecule has 0 amide bonds. The SMILES string of the molecule is C1=CC=CC2(C=C1)c1cccnc1-c1ncccc12. The van der Waals surface area contributed by atoms with Crippen LogP contribution in [0.3, 0.4) is 0 Å². The largest absolute Gasteiger partial charge is 0.254 e. The fraction of sp³-hybridized carbons (Fsp3) is 0.0588. The minimum Gasteiger partial charge on any atom is -0.254 e. The van der Waals surface area contributed by atoms with Gasteiger partial charge in [0.15, 0.2) is 0 Å². The lowest BCUT2D eigenvalue weighted by Gasteiger charge is -2.23. The van der Waals surface area contributed by atoms with Crippen molar-refractivity contribution in [1.82, 2.24) is 9.97 Å². The summed E-state index contributed by atoms with van der Waals surface area (Å²) in [7, 11) is 0. The summed E-state index contributed by atoms with van der Waals surface area (Å²) in [5.74, 6) is 0. The lowest BCUT2D eigenvalue weighted by Crippen LogP contribution is -2.19. The number of fused-ring (bicyclic) bond motifs is 5. The van der Waals surface area contributed by atoms with Crippen LogP contribution >= 0.6 is 0 Å². The van der Waals surface area contributed by atoms with Gasteiger partial charge in [-0.05, 0) is 23.3 Å². The van der Waals surface area contributed by atoms with E-state index in [0.29, 0.717) is 0 Å². The predicted octanol–water partition coefficient (Wildman–Crippen LogP) is 3.43. The number of pyridine rings is 2. The Balaban J connectivity index is 2.12. The number of hydrogen-bond acceptors (Lipinski definition) is 2. The van der Waals surface area contributed by atoms with Gasteiger partial charge >= 0.3 is 0 Å². The number of allylic oxidation sites excluding steroid dienone is 6. The lowest BCUT2D eigenvalue weighted by atomic mass is 9.78. The van der Waals surface area contributed by atoms with Crippen LogP contribution < -0.4 is 0 Å². The van der Waals surface area contributed by atoms with E-state index in [1.807, 2.05) is 24.5 Å². The highest BCUT2D eigenvalue weighted by molar-refractivity contribution is 5.78. The molecule has 0 fully saturated rings. The molecule has 0 bridgehead atoms. The number of hydrogen-bond donors (Lipinski definition) is 0. The average Bonchev–Trinajstić information content (AvgIpc) is 2.63. The van der Waals surface area contributed by atoms with Gasteiger partial charge in [-0.15, -0.1) is 0 Å². The third kappa shape index (κ3) is 1.31. The van der Waals surface area contributed by atoms with E-state index in [4.69, 9.17) is 0 Å². The minimum atomic E-state index is -0.226. The second-order valence-electron chi connectivity index (χ2n) is 4.77. The van der Waals surface area contributed by atoms with Crippen molar-refractivity contribution in [2.24, 2.45) is 0 Å². The molecule has 0 aromatic carbocycles. The third-order valence-electron chi connectivity index (χ3n) is 3.78. The molecule has 90 valence electrons. The highest BCUT2D eigenvalue weighted by atomic mass is 14.8. The molecule has 0 atom stereocenters. The molecule has 2 heterocycles. The highest BCUT2D eigenvalue weighted by Crippen LogP contribution is 2.48. The quantitative estimate of drug-likeness (QED) is 0.709. The van der Waals surface area contributed by atoms with Crippen molar-refractivity contribution in [2.45, 2.75) is 5.41 Å². The van der Waals surface area contributed by atoms with E-state index in [9.17, 15) is 0 Å². The van der Waals surface area contributed by atoms with Crippen LogP contribution in [0.4, 0.5) is 0 Å². The maximum Gasteiger partial charge on any atom is 0.0936 e. The first-order chi connectivity index (χ1) is 9.42. The van der Waals surface area contributed by atoms with Gasteiger partial charge in [0, 0.05) is 12.4 Å². The maximum absolute atomic E-state index is 4.53. The van der Waals surface area contributed by atoms with E-state index in [1.54, 1.807) is 0 Å². The van der Waals surface area contributed by atoms with Crippen LogP contribution in [-0.4, -0.2) is 9.97 Å². The summed E-state index contributed by atoms with van der Waals surface area (Å²) in [6, 6.07) is 8.27. The molecule has 0 saturated carbocycles. The maximum atomic E-state index is 4.53. The monoisotopic (exact) mass is 244 g/mol. The number of rotatable bonds is 0. The molecule has 2 heteroatoms. The Labute approximate surface area is 111 Å². The number of aromatic nitrogens is 2. The Kier molecular flexibility index (Phi) is 2.06. The molecule has 0 N–H and O–H groups in total. The first-order valence-corrected chi connectivity index (χ1v) is 6.37. The van der Waals surface area contributed by atoms with E-state index in [0.717, 1.165) is 11.4 Å². The second kappa shape index (κ2) is 3.75. The fourth-order valence-electron chi connectivity index (χ4n) is 2.96. The first kappa shape index (κ1) is 10.4. The van der Waals surface area contributed by atoms with E-state index >= 15 is 0 Å². The van der Waals surface area contributed by atoms with Crippen molar-refractivity contribution in [1.29, 1.82) is 0 Å². The van der Waals surface area contributed by atoms with E-state index in [-0.39, 0.29) is 5.41 Å². The molecule has 2 nitrogen and oxygen atoms in total. The Morgan fingerprint density at radius 1 is 0.684 bits per heavy atom. The van der Waals surface area contributed by atoms with Crippen LogP contribution in [0.5, 0.6) is 0 Å². The van der Waals surface area contributed by atoms with Crippen LogP contribution in [0, 0.1) is 0 Å². The van der Waals surface area contributed by atoms with Gasteiger partial charge in [0.25, 0.3) is 0 Å². The van der Waals surface area contributed by atoms with E-state index < -0.39 is 0 Å². The van der Waals surface area contributed by atoms with Crippen molar-refractivity contribution >= 4 is 0 Å². The summed E-state index contributed by atoms with van der Waals surface area (Å²) in [5.41, 5.74) is 4.18. The zero-order valence-electron chi connectivity index (χ0n) is 10.3. The van der Waals surface area contributed by atoms with Gasteiger partial charge < -0.3 is 0 Å². The summed E-state index contributed by atoms with van der Waals surface area (Å²) >= 11 is 0. The molecule has 2 aromatic heterocycles. The highest BCUT2D eigenvalue weighted by Gasteiger charge is 2.40. The van der Waals surface area contributed by atoms with Crippen LogP contribution in [0.25, 0.3) is 11.4 Å². The average molecular weight is 244 g/mol. The molecule has 0 saturated heterocycles. The van der Waals surface area contributed by atoms with Gasteiger partial charge in [0.05, 0.1) is 16.8 Å². The minimum absolute atomic E-state index is 0.226. The molecular formula is C17H12N2. The molecule has 2 aliphatic carbocycles. The Bertz CT molecular complexity index is 675. The Hall–Kier alpha value is -2.48. The normalized spacial score (nSPS) is 17.3. The van der Waals surface area contributed by atoms with Crippen LogP contribution in [0.15, 0.2) is 73.1 Å². The van der Waals surface area contributed by atoms with Gasteiger partial charge in [0.2, 0.25) is 0 Å². The van der Waals surface area contributed by atoms with Gasteiger partial charge in [-0.25, -0.2) is 0 Å². The molecule has 0 aliphatic heterocycles. The van der Waals surface area contributed by atoms with Gasteiger partial charge in [-0.1, -0.05) is 48.6 Å². The summed E-state index contributed by atoms with van der Waals surface area (Å²) in [6.07, 6.45) is 16.4. The van der Waals surface area contributed by atoms with Gasteiger partial charge in [-0.3, -0.25) is 9.97 Å². The molecule has 0 radical (unpaired) electrons. The zero-order chi connectivity index (χ0) is 12.7. The topological polar surface area (TPSA) is 25.8 Å². The van der Waals surface area contributed by atoms with Gasteiger partial charge in [0.1, 0.15) is 0 Å². The van der Waals surface area contributed by atoms with E-state index in [1.165, 1.54) is 11.1 Å². The van der Waals surface area contributed by atoms with Crippen LogP contribution in [-0.2, 0) is 5.41 Å². The van der Waals surface area contributed by atoms with E-state index in [2.05, 4.69) is 58.6 Å². The van der Waals surface area contributed by atoms with Gasteiger partial charge in [-0.2, -0.15) is 0 Å². The van der Waals surface area contributed by atoms with Crippen LogP contribution in [0.1, 0.15) is 11.1 Å². The van der Waals surface area contributed by atoms with Crippen molar-refractivity contribution in [3.05, 3.63) is 84.2 Å². The molecule has 4 rings (SSSR count). The molecule has 2 aromatic rings. The van der Waals surface area contributed by atoms with Crippen molar-refractivity contribution < 1.29 is 0 Å². The Morgan fingerprint density at radius 2 is 1.21 bits per heavy atom. The van der Waals surface area contributed by atoms with Crippen molar-refractivity contribution in [2.75, 3.05) is 0 Å². The van der Waals surface area contributed by atoms with Crippen LogP contribution in [0.2, 0.25) is 0 Å². The predicted molar refractivity (Wildman–Crippen MR) is 75.7 cm³/mol. The molecular weight excluding hydrogens is 232 g/mol.